The molecule has 0 saturated carbocycles. The Kier molecular flexibility index (Phi) is 12.8. The number of carbonyl (C=O) groups is 2. The molecule has 4 N–H and O–H groups in total. The van der Waals surface area contributed by atoms with Gasteiger partial charge in [-0.2, -0.15) is 8.42 Å². The Balaban J connectivity index is 0.000000192. The molecule has 2 heterocycles. The van der Waals surface area contributed by atoms with Gasteiger partial charge in [0.05, 0.1) is 6.10 Å². The van der Waals surface area contributed by atoms with Crippen molar-refractivity contribution in [2.75, 3.05) is 12.4 Å². The van der Waals surface area contributed by atoms with Gasteiger partial charge in [0.25, 0.3) is 0 Å². The average Bonchev–Trinajstić information content (AvgIpc) is 3.24. The maximum absolute atomic E-state index is 11.8. The van der Waals surface area contributed by atoms with Crippen LogP contribution in [0, 0.1) is 0 Å². The summed E-state index contributed by atoms with van der Waals surface area (Å²) in [6.45, 7) is 1.41. The molecule has 6 rings (SSSR count). The van der Waals surface area contributed by atoms with Gasteiger partial charge in [0.1, 0.15) is 23.2 Å². The number of anilines is 1. The molecule has 0 aliphatic carbocycles. The van der Waals surface area contributed by atoms with E-state index < -0.39 is 16.4 Å². The summed E-state index contributed by atoms with van der Waals surface area (Å²) in [6, 6.07) is 35.2. The van der Waals surface area contributed by atoms with Crippen molar-refractivity contribution in [3.63, 3.8) is 0 Å². The van der Waals surface area contributed by atoms with E-state index in [0.29, 0.717) is 29.6 Å². The van der Waals surface area contributed by atoms with Crippen LogP contribution in [0.3, 0.4) is 0 Å². The Morgan fingerprint density at radius 1 is 0.792 bits per heavy atom. The molecule has 11 nitrogen and oxygen atoms in total. The van der Waals surface area contributed by atoms with Crippen molar-refractivity contribution in [2.24, 2.45) is 0 Å². The number of carbonyl (C=O) groups excluding carboxylic acids is 2. The Bertz CT molecular complexity index is 1680. The molecular formula is C36H40N2O9S. The maximum Gasteiger partial charge on any atom is 0.394 e. The fraction of sp³-hybridized carbons (Fsp3) is 0.278. The van der Waals surface area contributed by atoms with Crippen molar-refractivity contribution in [2.45, 2.75) is 56.9 Å². The molecule has 2 bridgehead atoms. The molecule has 0 radical (unpaired) electrons. The van der Waals surface area contributed by atoms with Crippen molar-refractivity contribution >= 4 is 28.0 Å². The fourth-order valence-electron chi connectivity index (χ4n) is 5.89. The van der Waals surface area contributed by atoms with Gasteiger partial charge in [-0.15, -0.1) is 0 Å². The van der Waals surface area contributed by atoms with Crippen LogP contribution in [0.25, 0.3) is 0 Å². The SMILES string of the molecule is CC(=O)Nc1ccc(OC(=O)c2ccccc2O)cc1.CN1C2CCC1CC(OC(c1ccccc1)c1ccccc1)C2.O=S(=O)(O)O. The second kappa shape index (κ2) is 17.0. The van der Waals surface area contributed by atoms with Gasteiger partial charge in [-0.1, -0.05) is 72.8 Å². The van der Waals surface area contributed by atoms with Crippen molar-refractivity contribution in [3.8, 4) is 11.5 Å². The summed E-state index contributed by atoms with van der Waals surface area (Å²) in [5.41, 5.74) is 3.22. The summed E-state index contributed by atoms with van der Waals surface area (Å²) in [6.07, 6.45) is 5.43. The average molecular weight is 677 g/mol. The van der Waals surface area contributed by atoms with Gasteiger partial charge in [-0.25, -0.2) is 4.79 Å². The second-order valence-electron chi connectivity index (χ2n) is 11.5. The highest BCUT2D eigenvalue weighted by Crippen LogP contribution is 2.38. The first kappa shape index (κ1) is 36.2. The van der Waals surface area contributed by atoms with E-state index in [1.807, 2.05) is 0 Å². The van der Waals surface area contributed by atoms with Crippen LogP contribution in [0.4, 0.5) is 5.69 Å². The van der Waals surface area contributed by atoms with E-state index in [9.17, 15) is 14.7 Å². The number of amides is 1. The molecule has 2 aliphatic heterocycles. The summed E-state index contributed by atoms with van der Waals surface area (Å²) in [5.74, 6) is -0.626. The number of esters is 1. The molecule has 254 valence electrons. The zero-order chi connectivity index (χ0) is 34.7. The van der Waals surface area contributed by atoms with Crippen molar-refractivity contribution in [1.29, 1.82) is 0 Å². The number of piperidine rings is 1. The van der Waals surface area contributed by atoms with Crippen LogP contribution in [-0.4, -0.2) is 64.6 Å². The van der Waals surface area contributed by atoms with Crippen LogP contribution in [0.1, 0.15) is 60.2 Å². The highest BCUT2D eigenvalue weighted by Gasteiger charge is 2.39. The molecule has 4 aromatic rings. The lowest BCUT2D eigenvalue weighted by atomic mass is 9.97. The number of hydrogen-bond donors (Lipinski definition) is 4. The molecule has 2 atom stereocenters. The van der Waals surface area contributed by atoms with Crippen LogP contribution in [0.5, 0.6) is 11.5 Å². The highest BCUT2D eigenvalue weighted by atomic mass is 32.3. The number of phenolic OH excluding ortho intramolecular Hbond substituents is 1. The molecule has 48 heavy (non-hydrogen) atoms. The maximum atomic E-state index is 11.8. The largest absolute Gasteiger partial charge is 0.507 e. The number of para-hydroxylation sites is 1. The predicted molar refractivity (Wildman–Crippen MR) is 181 cm³/mol. The van der Waals surface area contributed by atoms with E-state index in [1.165, 1.54) is 55.9 Å². The van der Waals surface area contributed by atoms with E-state index in [1.54, 1.807) is 36.4 Å². The number of nitrogens with zero attached hydrogens (tertiary/aromatic N) is 1. The van der Waals surface area contributed by atoms with Crippen molar-refractivity contribution in [3.05, 3.63) is 126 Å². The number of nitrogens with one attached hydrogen (secondary N) is 1. The van der Waals surface area contributed by atoms with E-state index >= 15 is 0 Å². The van der Waals surface area contributed by atoms with Crippen LogP contribution in [-0.2, 0) is 19.9 Å². The monoisotopic (exact) mass is 676 g/mol. The zero-order valence-electron chi connectivity index (χ0n) is 26.7. The lowest BCUT2D eigenvalue weighted by Gasteiger charge is -2.38. The van der Waals surface area contributed by atoms with Gasteiger partial charge < -0.3 is 24.8 Å². The minimum atomic E-state index is -4.67. The summed E-state index contributed by atoms with van der Waals surface area (Å²) in [5, 5.41) is 12.2. The Hall–Kier alpha value is -4.59. The number of ether oxygens (including phenoxy) is 2. The smallest absolute Gasteiger partial charge is 0.394 e. The Morgan fingerprint density at radius 2 is 1.27 bits per heavy atom. The topological polar surface area (TPSA) is 163 Å². The molecule has 2 aliphatic rings. The highest BCUT2D eigenvalue weighted by molar-refractivity contribution is 7.79. The van der Waals surface area contributed by atoms with Crippen molar-refractivity contribution < 1.29 is 41.7 Å². The quantitative estimate of drug-likeness (QED) is 0.0988. The second-order valence-corrected chi connectivity index (χ2v) is 12.4. The molecule has 1 amide bonds. The summed E-state index contributed by atoms with van der Waals surface area (Å²) < 4.78 is 43.4. The van der Waals surface area contributed by atoms with Crippen LogP contribution in [0.2, 0.25) is 0 Å². The van der Waals surface area contributed by atoms with E-state index in [4.69, 9.17) is 27.0 Å². The molecule has 4 aromatic carbocycles. The third-order valence-corrected chi connectivity index (χ3v) is 8.10. The predicted octanol–water partition coefficient (Wildman–Crippen LogP) is 6.33. The first-order valence-electron chi connectivity index (χ1n) is 15.4. The molecule has 2 saturated heterocycles. The lowest BCUT2D eigenvalue weighted by Crippen LogP contribution is -2.43. The molecular weight excluding hydrogens is 636 g/mol. The van der Waals surface area contributed by atoms with Gasteiger partial charge >= 0.3 is 16.4 Å². The number of fused-ring (bicyclic) bond motifs is 2. The molecule has 2 fully saturated rings. The van der Waals surface area contributed by atoms with Gasteiger partial charge in [0.15, 0.2) is 0 Å². The third-order valence-electron chi connectivity index (χ3n) is 8.10. The first-order valence-corrected chi connectivity index (χ1v) is 16.8. The number of benzene rings is 4. The standard InChI is InChI=1S/C21H25NO.C15H13NO4.H2O4S/c1-22-18-12-13-19(22)15-20(14-18)23-21(16-8-4-2-5-9-16)17-10-6-3-7-11-17;1-10(17)16-11-6-8-12(9-7-11)20-15(19)13-4-2-3-5-14(13)18;1-5(2,3)4/h2-11,18-21H,12-15H2,1H3;2-9,18H,1H3,(H,16,17);(H2,1,2,3,4). The van der Waals surface area contributed by atoms with E-state index in [-0.39, 0.29) is 23.3 Å². The third kappa shape index (κ3) is 11.3. The van der Waals surface area contributed by atoms with E-state index in [2.05, 4.69) is 77.9 Å². The van der Waals surface area contributed by atoms with Crippen LogP contribution >= 0.6 is 0 Å². The summed E-state index contributed by atoms with van der Waals surface area (Å²) in [7, 11) is -2.38. The Morgan fingerprint density at radius 3 is 1.75 bits per heavy atom. The summed E-state index contributed by atoms with van der Waals surface area (Å²) in [4.78, 5) is 25.3. The number of hydrogen-bond acceptors (Lipinski definition) is 8. The minimum absolute atomic E-state index is 0.0465. The lowest BCUT2D eigenvalue weighted by molar-refractivity contribution is -0.114. The minimum Gasteiger partial charge on any atom is -0.507 e. The van der Waals surface area contributed by atoms with Crippen molar-refractivity contribution in [1.82, 2.24) is 4.90 Å². The van der Waals surface area contributed by atoms with E-state index in [0.717, 1.165) is 0 Å². The fourth-order valence-corrected chi connectivity index (χ4v) is 5.89. The Labute approximate surface area is 280 Å². The van der Waals surface area contributed by atoms with Gasteiger partial charge in [-0.05, 0) is 80.3 Å². The van der Waals surface area contributed by atoms with Gasteiger partial charge in [-0.3, -0.25) is 13.9 Å². The number of phenols is 1. The molecule has 2 unspecified atom stereocenters. The molecule has 0 spiro atoms. The zero-order valence-corrected chi connectivity index (χ0v) is 27.5. The number of rotatable bonds is 7. The van der Waals surface area contributed by atoms with Crippen LogP contribution in [0.15, 0.2) is 109 Å². The summed E-state index contributed by atoms with van der Waals surface area (Å²) >= 11 is 0. The number of aromatic hydroxyl groups is 1. The normalized spacial score (nSPS) is 18.5. The molecule has 0 aromatic heterocycles. The van der Waals surface area contributed by atoms with Crippen LogP contribution < -0.4 is 10.1 Å². The molecule has 12 heteroatoms. The first-order chi connectivity index (χ1) is 22.9. The van der Waals surface area contributed by atoms with Gasteiger partial charge in [0.2, 0.25) is 5.91 Å². The van der Waals surface area contributed by atoms with Gasteiger partial charge in [0, 0.05) is 24.7 Å².